The Hall–Kier alpha value is -3.67. The van der Waals surface area contributed by atoms with Gasteiger partial charge < -0.3 is 14.2 Å². The molecule has 0 N–H and O–H groups in total. The van der Waals surface area contributed by atoms with Crippen LogP contribution in [-0.4, -0.2) is 37.2 Å². The van der Waals surface area contributed by atoms with Crippen LogP contribution >= 0.6 is 0 Å². The molecule has 0 aromatic carbocycles. The van der Waals surface area contributed by atoms with Gasteiger partial charge in [-0.3, -0.25) is 14.4 Å². The smallest absolute Gasteiger partial charge is 0.306 e. The van der Waals surface area contributed by atoms with Gasteiger partial charge in [0.05, 0.1) is 0 Å². The normalized spacial score (nSPS) is 12.7. The van der Waals surface area contributed by atoms with E-state index < -0.39 is 6.10 Å². The molecular formula is C73H126O6. The fraction of sp³-hybridized carbons (Fsp3) is 0.740. The topological polar surface area (TPSA) is 78.9 Å². The van der Waals surface area contributed by atoms with Crippen molar-refractivity contribution in [2.75, 3.05) is 13.2 Å². The summed E-state index contributed by atoms with van der Waals surface area (Å²) < 4.78 is 16.9. The first kappa shape index (κ1) is 75.3. The van der Waals surface area contributed by atoms with Gasteiger partial charge in [0.15, 0.2) is 6.10 Å². The van der Waals surface area contributed by atoms with Gasteiger partial charge in [-0.1, -0.05) is 285 Å². The number of unbranched alkanes of at least 4 members (excludes halogenated alkanes) is 34. The van der Waals surface area contributed by atoms with E-state index in [1.165, 1.54) is 180 Å². The summed E-state index contributed by atoms with van der Waals surface area (Å²) >= 11 is 0. The van der Waals surface area contributed by atoms with E-state index in [1.807, 2.05) is 0 Å². The second-order valence-corrected chi connectivity index (χ2v) is 22.3. The molecule has 0 spiro atoms. The molecule has 0 saturated heterocycles. The number of carbonyl (C=O) groups excluding carboxylic acids is 3. The zero-order chi connectivity index (χ0) is 57.1. The molecule has 0 fully saturated rings. The van der Waals surface area contributed by atoms with E-state index in [4.69, 9.17) is 14.2 Å². The average Bonchev–Trinajstić information content (AvgIpc) is 3.45. The summed E-state index contributed by atoms with van der Waals surface area (Å²) in [5, 5.41) is 0. The number of hydrogen-bond donors (Lipinski definition) is 0. The zero-order valence-electron chi connectivity index (χ0n) is 52.1. The van der Waals surface area contributed by atoms with Gasteiger partial charge in [0, 0.05) is 19.3 Å². The Labute approximate surface area is 489 Å². The molecule has 0 rings (SSSR count). The van der Waals surface area contributed by atoms with Crippen molar-refractivity contribution >= 4 is 17.9 Å². The van der Waals surface area contributed by atoms with Crippen LogP contribution in [0.3, 0.4) is 0 Å². The Morgan fingerprint density at radius 3 is 0.797 bits per heavy atom. The highest BCUT2D eigenvalue weighted by molar-refractivity contribution is 5.71. The minimum atomic E-state index is -0.800. The van der Waals surface area contributed by atoms with E-state index >= 15 is 0 Å². The zero-order valence-corrected chi connectivity index (χ0v) is 52.1. The van der Waals surface area contributed by atoms with E-state index in [0.29, 0.717) is 12.8 Å². The molecule has 1 unspecified atom stereocenters. The highest BCUT2D eigenvalue weighted by Crippen LogP contribution is 2.16. The Kier molecular flexibility index (Phi) is 63.7. The molecule has 454 valence electrons. The SMILES string of the molecule is CC/C=C\C/C=C\C/C=C\C/C=C\C/C=C\CCCCCC(=O)OC(COC(=O)CCCCCCC/C=C\CCCCCCCC)COC(=O)CCCCCCCCCCCCCCCCC/C=C\C/C=C\CCCCCCC. The molecule has 0 aromatic heterocycles. The predicted molar refractivity (Wildman–Crippen MR) is 344 cm³/mol. The molecule has 0 saturated carbocycles. The molecule has 0 aromatic rings. The quantitative estimate of drug-likeness (QED) is 0.0261. The van der Waals surface area contributed by atoms with Crippen molar-refractivity contribution in [1.29, 1.82) is 0 Å². The van der Waals surface area contributed by atoms with Crippen LogP contribution in [0.1, 0.15) is 329 Å². The summed E-state index contributed by atoms with van der Waals surface area (Å²) in [6.45, 7) is 6.51. The van der Waals surface area contributed by atoms with Crippen molar-refractivity contribution in [3.8, 4) is 0 Å². The summed E-state index contributed by atoms with van der Waals surface area (Å²) in [4.78, 5) is 38.4. The Morgan fingerprint density at radius 1 is 0.266 bits per heavy atom. The number of ether oxygens (including phenoxy) is 3. The highest BCUT2D eigenvalue weighted by atomic mass is 16.6. The number of allylic oxidation sites excluding steroid dienone is 16. The first-order chi connectivity index (χ1) is 39.0. The van der Waals surface area contributed by atoms with Crippen LogP contribution in [0.4, 0.5) is 0 Å². The number of rotatable bonds is 61. The third-order valence-electron chi connectivity index (χ3n) is 14.5. The van der Waals surface area contributed by atoms with Gasteiger partial charge in [0.2, 0.25) is 0 Å². The molecule has 0 aliphatic carbocycles. The minimum Gasteiger partial charge on any atom is -0.462 e. The van der Waals surface area contributed by atoms with Gasteiger partial charge in [-0.05, 0) is 122 Å². The maximum Gasteiger partial charge on any atom is 0.306 e. The second-order valence-electron chi connectivity index (χ2n) is 22.3. The Morgan fingerprint density at radius 2 is 0.494 bits per heavy atom. The minimum absolute atomic E-state index is 0.0923. The largest absolute Gasteiger partial charge is 0.462 e. The Balaban J connectivity index is 4.34. The number of carbonyl (C=O) groups is 3. The van der Waals surface area contributed by atoms with Crippen LogP contribution in [-0.2, 0) is 28.6 Å². The molecule has 1 atom stereocenters. The monoisotopic (exact) mass is 1100 g/mol. The summed E-state index contributed by atoms with van der Waals surface area (Å²) in [5.41, 5.74) is 0. The van der Waals surface area contributed by atoms with Crippen LogP contribution < -0.4 is 0 Å². The summed E-state index contributed by atoms with van der Waals surface area (Å²) in [6, 6.07) is 0. The van der Waals surface area contributed by atoms with Crippen molar-refractivity contribution in [3.05, 3.63) is 97.2 Å². The van der Waals surface area contributed by atoms with Gasteiger partial charge in [0.25, 0.3) is 0 Å². The molecule has 0 bridgehead atoms. The maximum atomic E-state index is 12.9. The number of esters is 3. The van der Waals surface area contributed by atoms with Crippen molar-refractivity contribution in [3.63, 3.8) is 0 Å². The van der Waals surface area contributed by atoms with E-state index in [0.717, 1.165) is 109 Å². The van der Waals surface area contributed by atoms with Crippen molar-refractivity contribution in [2.45, 2.75) is 335 Å². The van der Waals surface area contributed by atoms with Crippen LogP contribution in [0.2, 0.25) is 0 Å². The van der Waals surface area contributed by atoms with Gasteiger partial charge >= 0.3 is 17.9 Å². The van der Waals surface area contributed by atoms with Crippen LogP contribution in [0.25, 0.3) is 0 Å². The van der Waals surface area contributed by atoms with Crippen LogP contribution in [0.5, 0.6) is 0 Å². The highest BCUT2D eigenvalue weighted by Gasteiger charge is 2.19. The molecular weight excluding hydrogens is 973 g/mol. The maximum absolute atomic E-state index is 12.9. The van der Waals surface area contributed by atoms with Crippen LogP contribution in [0.15, 0.2) is 97.2 Å². The summed E-state index contributed by atoms with van der Waals surface area (Å²) in [6.07, 6.45) is 90.0. The molecule has 0 radical (unpaired) electrons. The van der Waals surface area contributed by atoms with Gasteiger partial charge in [0.1, 0.15) is 13.2 Å². The third kappa shape index (κ3) is 65.0. The molecule has 0 aliphatic heterocycles. The molecule has 0 heterocycles. The van der Waals surface area contributed by atoms with Gasteiger partial charge in [-0.2, -0.15) is 0 Å². The van der Waals surface area contributed by atoms with E-state index in [-0.39, 0.29) is 37.5 Å². The number of hydrogen-bond acceptors (Lipinski definition) is 6. The van der Waals surface area contributed by atoms with Crippen LogP contribution in [0, 0.1) is 0 Å². The standard InChI is InChI=1S/C73H126O6/c1-4-7-10-13-16-19-22-25-28-30-32-33-34-35-36-37-38-39-41-42-45-48-51-54-57-60-63-66-72(75)78-69-70(68-77-71(74)65-62-59-56-53-50-47-44-27-24-21-18-15-12-9-6-3)79-73(76)67-64-61-58-55-52-49-46-43-40-31-29-26-23-20-17-14-11-8-5-2/h8,11,17,20,22,25-27,29-30,32,40,43-44,49,52,70H,4-7,9-10,12-16,18-19,21,23-24,28,31,33-39,41-42,45-48,50-51,53-69H2,1-3H3/b11-8-,20-17-,25-22-,29-26-,32-30-,43-40-,44-27-,52-49-. The molecule has 6 heteroatoms. The first-order valence-electron chi connectivity index (χ1n) is 33.7. The third-order valence-corrected chi connectivity index (χ3v) is 14.5. The fourth-order valence-corrected chi connectivity index (χ4v) is 9.50. The van der Waals surface area contributed by atoms with Gasteiger partial charge in [-0.25, -0.2) is 0 Å². The molecule has 0 aliphatic rings. The lowest BCUT2D eigenvalue weighted by atomic mass is 10.0. The van der Waals surface area contributed by atoms with E-state index in [9.17, 15) is 14.4 Å². The Bertz CT molecular complexity index is 1540. The van der Waals surface area contributed by atoms with E-state index in [2.05, 4.69) is 118 Å². The van der Waals surface area contributed by atoms with Crippen molar-refractivity contribution in [2.24, 2.45) is 0 Å². The van der Waals surface area contributed by atoms with Gasteiger partial charge in [-0.15, -0.1) is 0 Å². The fourth-order valence-electron chi connectivity index (χ4n) is 9.50. The molecule has 0 amide bonds. The average molecular weight is 1100 g/mol. The molecule has 6 nitrogen and oxygen atoms in total. The second kappa shape index (κ2) is 66.8. The van der Waals surface area contributed by atoms with Crippen molar-refractivity contribution in [1.82, 2.24) is 0 Å². The summed E-state index contributed by atoms with van der Waals surface area (Å²) in [5.74, 6) is -0.922. The predicted octanol–water partition coefficient (Wildman–Crippen LogP) is 23.2. The summed E-state index contributed by atoms with van der Waals surface area (Å²) in [7, 11) is 0. The van der Waals surface area contributed by atoms with E-state index in [1.54, 1.807) is 0 Å². The lowest BCUT2D eigenvalue weighted by molar-refractivity contribution is -0.167. The lowest BCUT2D eigenvalue weighted by Gasteiger charge is -2.18. The molecule has 79 heavy (non-hydrogen) atoms. The lowest BCUT2D eigenvalue weighted by Crippen LogP contribution is -2.30. The first-order valence-corrected chi connectivity index (χ1v) is 33.7. The van der Waals surface area contributed by atoms with Crippen molar-refractivity contribution < 1.29 is 28.6 Å².